The average Bonchev–Trinajstić information content (AvgIpc) is 2.79. The highest BCUT2D eigenvalue weighted by atomic mass is 32.2. The number of rotatable bonds is 4. The lowest BCUT2D eigenvalue weighted by atomic mass is 9.97. The Morgan fingerprint density at radius 2 is 2.05 bits per heavy atom. The van der Waals surface area contributed by atoms with E-state index in [0.29, 0.717) is 13.0 Å². The number of hydrogen-bond acceptors (Lipinski definition) is 4. The van der Waals surface area contributed by atoms with Crippen LogP contribution in [0.3, 0.4) is 0 Å². The largest absolute Gasteiger partial charge is 0.348 e. The van der Waals surface area contributed by atoms with Crippen molar-refractivity contribution in [2.24, 2.45) is 0 Å². The molecule has 0 aromatic heterocycles. The minimum Gasteiger partial charge on any atom is -0.348 e. The van der Waals surface area contributed by atoms with Crippen molar-refractivity contribution in [1.29, 1.82) is 0 Å². The summed E-state index contributed by atoms with van der Waals surface area (Å²) in [5.41, 5.74) is 1.34. The molecule has 1 fully saturated rings. The normalized spacial score (nSPS) is 24.2. The molecule has 0 bridgehead atoms. The van der Waals surface area contributed by atoms with Crippen molar-refractivity contribution < 1.29 is 18.0 Å². The van der Waals surface area contributed by atoms with Gasteiger partial charge in [-0.05, 0) is 38.5 Å². The number of carbonyl (C=O) groups is 2. The summed E-state index contributed by atoms with van der Waals surface area (Å²) >= 11 is 0. The van der Waals surface area contributed by atoms with E-state index in [0.717, 1.165) is 19.3 Å². The third-order valence-electron chi connectivity index (χ3n) is 3.89. The van der Waals surface area contributed by atoms with Gasteiger partial charge in [-0.25, -0.2) is 8.42 Å². The maximum Gasteiger partial charge on any atom is 0.309 e. The zero-order chi connectivity index (χ0) is 15.3. The van der Waals surface area contributed by atoms with Gasteiger partial charge < -0.3 is 10.6 Å². The molecule has 0 aromatic rings. The van der Waals surface area contributed by atoms with Crippen LogP contribution in [-0.4, -0.2) is 44.3 Å². The summed E-state index contributed by atoms with van der Waals surface area (Å²) in [6.45, 7) is 0.445. The molecule has 1 heterocycles. The van der Waals surface area contributed by atoms with E-state index in [-0.39, 0.29) is 11.5 Å². The zero-order valence-corrected chi connectivity index (χ0v) is 12.9. The fraction of sp³-hybridized carbons (Fsp3) is 0.714. The fourth-order valence-corrected chi connectivity index (χ4v) is 4.38. The van der Waals surface area contributed by atoms with Crippen LogP contribution in [0.5, 0.6) is 0 Å². The Labute approximate surface area is 125 Å². The molecule has 118 valence electrons. The lowest BCUT2D eigenvalue weighted by Gasteiger charge is -2.13. The van der Waals surface area contributed by atoms with Crippen LogP contribution < -0.4 is 10.6 Å². The minimum atomic E-state index is -3.05. The molecule has 1 unspecified atom stereocenters. The molecular weight excluding hydrogens is 292 g/mol. The van der Waals surface area contributed by atoms with E-state index < -0.39 is 27.7 Å². The Balaban J connectivity index is 1.68. The Hall–Kier alpha value is -1.37. The van der Waals surface area contributed by atoms with E-state index in [1.165, 1.54) is 18.4 Å². The lowest BCUT2D eigenvalue weighted by Crippen LogP contribution is -2.45. The molecule has 1 saturated heterocycles. The van der Waals surface area contributed by atoms with Crippen LogP contribution in [0.15, 0.2) is 11.6 Å². The smallest absolute Gasteiger partial charge is 0.309 e. The summed E-state index contributed by atoms with van der Waals surface area (Å²) in [4.78, 5) is 23.3. The van der Waals surface area contributed by atoms with Crippen molar-refractivity contribution in [2.45, 2.75) is 44.6 Å². The third kappa shape index (κ3) is 5.15. The van der Waals surface area contributed by atoms with Crippen molar-refractivity contribution in [2.75, 3.05) is 18.1 Å². The summed E-state index contributed by atoms with van der Waals surface area (Å²) in [7, 11) is -3.05. The molecule has 0 radical (unpaired) electrons. The Morgan fingerprint density at radius 3 is 2.67 bits per heavy atom. The summed E-state index contributed by atoms with van der Waals surface area (Å²) in [6.07, 6.45) is 7.95. The standard InChI is InChI=1S/C14H22N2O4S/c17-13(15-8-6-11-4-2-1-3-5-11)14(18)16-12-7-9-21(19,20)10-12/h4,12H,1-3,5-10H2,(H,15,17)(H,16,18). The van der Waals surface area contributed by atoms with Gasteiger partial charge in [0.1, 0.15) is 0 Å². The Bertz CT molecular complexity index is 539. The number of sulfone groups is 1. The van der Waals surface area contributed by atoms with Gasteiger partial charge in [0.15, 0.2) is 9.84 Å². The molecule has 1 aliphatic heterocycles. The van der Waals surface area contributed by atoms with Crippen LogP contribution in [0.25, 0.3) is 0 Å². The summed E-state index contributed by atoms with van der Waals surface area (Å²) in [5, 5.41) is 5.06. The molecule has 2 amide bonds. The van der Waals surface area contributed by atoms with E-state index in [9.17, 15) is 18.0 Å². The molecule has 7 heteroatoms. The van der Waals surface area contributed by atoms with Crippen molar-refractivity contribution in [3.63, 3.8) is 0 Å². The summed E-state index contributed by atoms with van der Waals surface area (Å²) in [5.74, 6) is -1.42. The Morgan fingerprint density at radius 1 is 1.24 bits per heavy atom. The maximum absolute atomic E-state index is 11.7. The van der Waals surface area contributed by atoms with Crippen molar-refractivity contribution in [3.05, 3.63) is 11.6 Å². The number of hydrogen-bond donors (Lipinski definition) is 2. The average molecular weight is 314 g/mol. The minimum absolute atomic E-state index is 0.0705. The van der Waals surface area contributed by atoms with Gasteiger partial charge in [-0.2, -0.15) is 0 Å². The van der Waals surface area contributed by atoms with Gasteiger partial charge in [-0.3, -0.25) is 9.59 Å². The first kappa shape index (κ1) is 16.0. The van der Waals surface area contributed by atoms with Gasteiger partial charge in [0, 0.05) is 12.6 Å². The first-order chi connectivity index (χ1) is 9.96. The number of amides is 2. The van der Waals surface area contributed by atoms with E-state index in [4.69, 9.17) is 0 Å². The van der Waals surface area contributed by atoms with Crippen LogP contribution in [0, 0.1) is 0 Å². The molecular formula is C14H22N2O4S. The molecule has 1 aliphatic carbocycles. The van der Waals surface area contributed by atoms with E-state index >= 15 is 0 Å². The van der Waals surface area contributed by atoms with Crippen LogP contribution in [0.1, 0.15) is 38.5 Å². The first-order valence-corrected chi connectivity index (χ1v) is 9.25. The van der Waals surface area contributed by atoms with E-state index in [1.54, 1.807) is 0 Å². The molecule has 2 N–H and O–H groups in total. The number of nitrogens with one attached hydrogen (secondary N) is 2. The molecule has 0 spiro atoms. The molecule has 0 saturated carbocycles. The number of carbonyl (C=O) groups excluding carboxylic acids is 2. The highest BCUT2D eigenvalue weighted by Gasteiger charge is 2.30. The quantitative estimate of drug-likeness (QED) is 0.576. The van der Waals surface area contributed by atoms with Gasteiger partial charge in [-0.15, -0.1) is 0 Å². The fourth-order valence-electron chi connectivity index (χ4n) is 2.71. The SMILES string of the molecule is O=C(NCCC1=CCCCC1)C(=O)NC1CCS(=O)(=O)C1. The van der Waals surface area contributed by atoms with Crippen LogP contribution in [0.4, 0.5) is 0 Å². The van der Waals surface area contributed by atoms with Gasteiger partial charge in [0.2, 0.25) is 0 Å². The van der Waals surface area contributed by atoms with Crippen molar-refractivity contribution >= 4 is 21.7 Å². The highest BCUT2D eigenvalue weighted by molar-refractivity contribution is 7.91. The van der Waals surface area contributed by atoms with Gasteiger partial charge >= 0.3 is 11.8 Å². The third-order valence-corrected chi connectivity index (χ3v) is 5.66. The summed E-state index contributed by atoms with van der Waals surface area (Å²) < 4.78 is 22.6. The van der Waals surface area contributed by atoms with Crippen LogP contribution in [-0.2, 0) is 19.4 Å². The predicted octanol–water partition coefficient (Wildman–Crippen LogP) is 0.296. The molecule has 6 nitrogen and oxygen atoms in total. The monoisotopic (exact) mass is 314 g/mol. The highest BCUT2D eigenvalue weighted by Crippen LogP contribution is 2.19. The molecule has 2 aliphatic rings. The lowest BCUT2D eigenvalue weighted by molar-refractivity contribution is -0.139. The topological polar surface area (TPSA) is 92.3 Å². The second-order valence-electron chi connectivity index (χ2n) is 5.69. The molecule has 1 atom stereocenters. The first-order valence-electron chi connectivity index (χ1n) is 7.43. The number of allylic oxidation sites excluding steroid dienone is 1. The van der Waals surface area contributed by atoms with Crippen LogP contribution >= 0.6 is 0 Å². The van der Waals surface area contributed by atoms with Gasteiger partial charge in [0.25, 0.3) is 0 Å². The Kier molecular flexibility index (Phi) is 5.39. The zero-order valence-electron chi connectivity index (χ0n) is 12.1. The second-order valence-corrected chi connectivity index (χ2v) is 7.92. The molecule has 0 aromatic carbocycles. The molecule has 21 heavy (non-hydrogen) atoms. The van der Waals surface area contributed by atoms with Crippen molar-refractivity contribution in [3.8, 4) is 0 Å². The predicted molar refractivity (Wildman–Crippen MR) is 79.4 cm³/mol. The van der Waals surface area contributed by atoms with E-state index in [2.05, 4.69) is 16.7 Å². The van der Waals surface area contributed by atoms with E-state index in [1.807, 2.05) is 0 Å². The van der Waals surface area contributed by atoms with Crippen molar-refractivity contribution in [1.82, 2.24) is 10.6 Å². The second kappa shape index (κ2) is 7.06. The maximum atomic E-state index is 11.7. The molecule has 2 rings (SSSR count). The van der Waals surface area contributed by atoms with Gasteiger partial charge in [-0.1, -0.05) is 11.6 Å². The summed E-state index contributed by atoms with van der Waals surface area (Å²) in [6, 6.07) is -0.436. The van der Waals surface area contributed by atoms with Gasteiger partial charge in [0.05, 0.1) is 11.5 Å². The van der Waals surface area contributed by atoms with Crippen LogP contribution in [0.2, 0.25) is 0 Å².